The molecule has 22 heavy (non-hydrogen) atoms. The molecule has 0 spiro atoms. The van der Waals surface area contributed by atoms with Crippen molar-refractivity contribution in [3.63, 3.8) is 0 Å². The van der Waals surface area contributed by atoms with Crippen LogP contribution in [-0.2, 0) is 4.79 Å². The lowest BCUT2D eigenvalue weighted by Gasteiger charge is -2.32. The van der Waals surface area contributed by atoms with E-state index in [1.807, 2.05) is 0 Å². The van der Waals surface area contributed by atoms with Gasteiger partial charge in [-0.25, -0.2) is 8.78 Å². The predicted octanol–water partition coefficient (Wildman–Crippen LogP) is 3.79. The van der Waals surface area contributed by atoms with Gasteiger partial charge in [0.25, 0.3) is 0 Å². The molecule has 0 aromatic heterocycles. The van der Waals surface area contributed by atoms with Gasteiger partial charge in [-0.3, -0.25) is 4.79 Å². The Morgan fingerprint density at radius 1 is 1.32 bits per heavy atom. The van der Waals surface area contributed by atoms with Crippen LogP contribution in [-0.4, -0.2) is 16.7 Å². The lowest BCUT2D eigenvalue weighted by atomic mass is 9.83. The summed E-state index contributed by atoms with van der Waals surface area (Å²) in [6, 6.07) is 5.79. The molecule has 1 saturated carbocycles. The van der Waals surface area contributed by atoms with Gasteiger partial charge in [0.05, 0.1) is 11.3 Å². The van der Waals surface area contributed by atoms with Crippen molar-refractivity contribution >= 4 is 17.7 Å². The zero-order valence-corrected chi connectivity index (χ0v) is 13.2. The van der Waals surface area contributed by atoms with Gasteiger partial charge in [-0.15, -0.1) is 11.8 Å². The van der Waals surface area contributed by atoms with Gasteiger partial charge in [0.2, 0.25) is 5.91 Å². The average Bonchev–Trinajstić information content (AvgIpc) is 2.51. The van der Waals surface area contributed by atoms with E-state index in [4.69, 9.17) is 0 Å². The summed E-state index contributed by atoms with van der Waals surface area (Å²) in [6.45, 7) is 1.69. The van der Waals surface area contributed by atoms with Crippen molar-refractivity contribution in [1.82, 2.24) is 5.32 Å². The normalized spacial score (nSPS) is 18.3. The molecule has 3 nitrogen and oxygen atoms in total. The summed E-state index contributed by atoms with van der Waals surface area (Å²) in [6.07, 6.45) is 4.27. The first kappa shape index (κ1) is 16.8. The highest BCUT2D eigenvalue weighted by Crippen LogP contribution is 2.29. The summed E-state index contributed by atoms with van der Waals surface area (Å²) in [4.78, 5) is 12.8. The van der Waals surface area contributed by atoms with Crippen LogP contribution in [0.2, 0.25) is 0 Å². The van der Waals surface area contributed by atoms with Crippen molar-refractivity contribution in [1.29, 1.82) is 5.26 Å². The first-order chi connectivity index (χ1) is 10.5. The molecule has 0 aliphatic heterocycles. The first-order valence-electron chi connectivity index (χ1n) is 7.31. The number of nitrogens with zero attached hydrogens (tertiary/aromatic N) is 1. The first-order valence-corrected chi connectivity index (χ1v) is 8.19. The van der Waals surface area contributed by atoms with Gasteiger partial charge in [-0.05, 0) is 38.0 Å². The topological polar surface area (TPSA) is 52.9 Å². The number of hydrogen-bond donors (Lipinski definition) is 1. The molecule has 0 radical (unpaired) electrons. The van der Waals surface area contributed by atoms with E-state index in [1.54, 1.807) is 6.92 Å². The fraction of sp³-hybridized carbons (Fsp3) is 0.500. The van der Waals surface area contributed by atoms with E-state index in [2.05, 4.69) is 11.4 Å². The van der Waals surface area contributed by atoms with E-state index < -0.39 is 22.4 Å². The minimum atomic E-state index is -0.932. The standard InChI is InChI=1S/C16H18F2N2OS/c1-11(22-12-5-6-13(17)14(18)9-12)15(21)20-16(10-19)7-3-2-4-8-16/h5-6,9,11H,2-4,7-8H2,1H3,(H,20,21)/t11-/m0/s1. The van der Waals surface area contributed by atoms with Crippen molar-refractivity contribution in [3.8, 4) is 6.07 Å². The van der Waals surface area contributed by atoms with Gasteiger partial charge in [0, 0.05) is 4.90 Å². The Morgan fingerprint density at radius 2 is 2.00 bits per heavy atom. The van der Waals surface area contributed by atoms with E-state index in [9.17, 15) is 18.8 Å². The summed E-state index contributed by atoms with van der Waals surface area (Å²) in [7, 11) is 0. The molecule has 0 saturated heterocycles. The van der Waals surface area contributed by atoms with E-state index in [-0.39, 0.29) is 5.91 Å². The molecule has 1 N–H and O–H groups in total. The molecule has 0 unspecified atom stereocenters. The van der Waals surface area contributed by atoms with Crippen LogP contribution in [0.4, 0.5) is 8.78 Å². The van der Waals surface area contributed by atoms with Crippen molar-refractivity contribution in [3.05, 3.63) is 29.8 Å². The van der Waals surface area contributed by atoms with Gasteiger partial charge < -0.3 is 5.32 Å². The quantitative estimate of drug-likeness (QED) is 0.857. The molecular weight excluding hydrogens is 306 g/mol. The summed E-state index contributed by atoms with van der Waals surface area (Å²) in [5.74, 6) is -2.09. The Kier molecular flexibility index (Phi) is 5.41. The second-order valence-electron chi connectivity index (χ2n) is 5.58. The minimum absolute atomic E-state index is 0.252. The van der Waals surface area contributed by atoms with Crippen LogP contribution in [0.15, 0.2) is 23.1 Å². The number of nitrogens with one attached hydrogen (secondary N) is 1. The zero-order valence-electron chi connectivity index (χ0n) is 12.4. The summed E-state index contributed by atoms with van der Waals surface area (Å²) >= 11 is 1.14. The maximum absolute atomic E-state index is 13.2. The molecular formula is C16H18F2N2OS. The van der Waals surface area contributed by atoms with Crippen molar-refractivity contribution in [2.45, 2.75) is 54.7 Å². The maximum atomic E-state index is 13.2. The maximum Gasteiger partial charge on any atom is 0.234 e. The molecule has 1 amide bonds. The van der Waals surface area contributed by atoms with Crippen LogP contribution in [0.25, 0.3) is 0 Å². The van der Waals surface area contributed by atoms with Crippen LogP contribution < -0.4 is 5.32 Å². The number of carbonyl (C=O) groups excluding carboxylic acids is 1. The highest BCUT2D eigenvalue weighted by Gasteiger charge is 2.34. The summed E-state index contributed by atoms with van der Waals surface area (Å²) in [5, 5.41) is 11.7. The van der Waals surface area contributed by atoms with Crippen LogP contribution in [0.5, 0.6) is 0 Å². The van der Waals surface area contributed by atoms with Crippen LogP contribution >= 0.6 is 11.8 Å². The van der Waals surface area contributed by atoms with E-state index in [1.165, 1.54) is 6.07 Å². The Labute approximate surface area is 133 Å². The van der Waals surface area contributed by atoms with Gasteiger partial charge in [-0.2, -0.15) is 5.26 Å². The largest absolute Gasteiger partial charge is 0.337 e. The third-order valence-electron chi connectivity index (χ3n) is 3.86. The Hall–Kier alpha value is -1.61. The SMILES string of the molecule is C[C@H](Sc1ccc(F)c(F)c1)C(=O)NC1(C#N)CCCCC1. The highest BCUT2D eigenvalue weighted by atomic mass is 32.2. The smallest absolute Gasteiger partial charge is 0.234 e. The van der Waals surface area contributed by atoms with Crippen molar-refractivity contribution < 1.29 is 13.6 Å². The average molecular weight is 324 g/mol. The summed E-state index contributed by atoms with van der Waals surface area (Å²) in [5.41, 5.74) is -0.780. The molecule has 1 aromatic rings. The minimum Gasteiger partial charge on any atom is -0.337 e. The fourth-order valence-electron chi connectivity index (χ4n) is 2.57. The molecule has 1 aromatic carbocycles. The lowest BCUT2D eigenvalue weighted by molar-refractivity contribution is -0.121. The molecule has 118 valence electrons. The molecule has 1 aliphatic rings. The van der Waals surface area contributed by atoms with Crippen LogP contribution in [0.3, 0.4) is 0 Å². The highest BCUT2D eigenvalue weighted by molar-refractivity contribution is 8.00. The number of hydrogen-bond acceptors (Lipinski definition) is 3. The molecule has 1 fully saturated rings. The molecule has 0 bridgehead atoms. The second kappa shape index (κ2) is 7.10. The van der Waals surface area contributed by atoms with E-state index >= 15 is 0 Å². The predicted molar refractivity (Wildman–Crippen MR) is 81.2 cm³/mol. The second-order valence-corrected chi connectivity index (χ2v) is 6.99. The number of halogens is 2. The number of benzene rings is 1. The molecule has 2 rings (SSSR count). The summed E-state index contributed by atoms with van der Waals surface area (Å²) < 4.78 is 26.1. The molecule has 6 heteroatoms. The Balaban J connectivity index is 1.99. The third-order valence-corrected chi connectivity index (χ3v) is 4.95. The van der Waals surface area contributed by atoms with Crippen molar-refractivity contribution in [2.24, 2.45) is 0 Å². The van der Waals surface area contributed by atoms with Gasteiger partial charge in [0.1, 0.15) is 5.54 Å². The Bertz CT molecular complexity index is 594. The van der Waals surface area contributed by atoms with E-state index in [0.717, 1.165) is 43.2 Å². The number of thioether (sulfide) groups is 1. The van der Waals surface area contributed by atoms with Crippen molar-refractivity contribution in [2.75, 3.05) is 0 Å². The number of rotatable bonds is 4. The number of carbonyl (C=O) groups is 1. The molecule has 1 aliphatic carbocycles. The number of nitriles is 1. The van der Waals surface area contributed by atoms with Crippen LogP contribution in [0.1, 0.15) is 39.0 Å². The Morgan fingerprint density at radius 3 is 2.59 bits per heavy atom. The number of amides is 1. The van der Waals surface area contributed by atoms with Gasteiger partial charge >= 0.3 is 0 Å². The zero-order chi connectivity index (χ0) is 16.2. The van der Waals surface area contributed by atoms with Crippen LogP contribution in [0, 0.1) is 23.0 Å². The van der Waals surface area contributed by atoms with Gasteiger partial charge in [-0.1, -0.05) is 19.3 Å². The van der Waals surface area contributed by atoms with Gasteiger partial charge in [0.15, 0.2) is 11.6 Å². The fourth-order valence-corrected chi connectivity index (χ4v) is 3.46. The molecule has 0 heterocycles. The monoisotopic (exact) mass is 324 g/mol. The lowest BCUT2D eigenvalue weighted by Crippen LogP contribution is -2.50. The third kappa shape index (κ3) is 3.98. The van der Waals surface area contributed by atoms with E-state index in [0.29, 0.717) is 17.7 Å². The molecule has 1 atom stereocenters.